The first kappa shape index (κ1) is 14.3. The molecule has 1 radical (unpaired) electrons. The third-order valence-corrected chi connectivity index (χ3v) is 3.46. The minimum Gasteiger partial charge on any atom is -0.0654 e. The Morgan fingerprint density at radius 3 is 2.41 bits per heavy atom. The second-order valence-electron chi connectivity index (χ2n) is 5.03. The van der Waals surface area contributed by atoms with Crippen molar-refractivity contribution in [3.05, 3.63) is 34.9 Å². The number of unbranched alkanes of at least 4 members (excludes halogenated alkanes) is 4. The first-order valence-electron chi connectivity index (χ1n) is 7.28. The molecular formula is C17H27. The summed E-state index contributed by atoms with van der Waals surface area (Å²) in [6, 6.07) is 7.75. The van der Waals surface area contributed by atoms with Crippen molar-refractivity contribution in [2.24, 2.45) is 0 Å². The van der Waals surface area contributed by atoms with Crippen LogP contribution < -0.4 is 0 Å². The van der Waals surface area contributed by atoms with Crippen molar-refractivity contribution in [3.8, 4) is 0 Å². The third kappa shape index (κ3) is 4.93. The molecule has 0 aromatic heterocycles. The molecule has 0 saturated heterocycles. The van der Waals surface area contributed by atoms with Crippen LogP contribution in [0.3, 0.4) is 0 Å². The van der Waals surface area contributed by atoms with E-state index in [0.29, 0.717) is 0 Å². The summed E-state index contributed by atoms with van der Waals surface area (Å²) >= 11 is 0. The molecule has 0 heteroatoms. The Kier molecular flexibility index (Phi) is 7.00. The highest BCUT2D eigenvalue weighted by molar-refractivity contribution is 5.33. The van der Waals surface area contributed by atoms with Gasteiger partial charge in [-0.15, -0.1) is 0 Å². The summed E-state index contributed by atoms with van der Waals surface area (Å²) in [6.07, 6.45) is 10.5. The molecule has 0 bridgehead atoms. The van der Waals surface area contributed by atoms with E-state index in [2.05, 4.69) is 39.0 Å². The number of rotatable bonds is 8. The second-order valence-corrected chi connectivity index (χ2v) is 5.03. The summed E-state index contributed by atoms with van der Waals surface area (Å²) in [7, 11) is 0. The van der Waals surface area contributed by atoms with Crippen molar-refractivity contribution in [1.82, 2.24) is 0 Å². The summed E-state index contributed by atoms with van der Waals surface area (Å²) in [5.41, 5.74) is 4.49. The van der Waals surface area contributed by atoms with Gasteiger partial charge in [0.1, 0.15) is 0 Å². The van der Waals surface area contributed by atoms with Gasteiger partial charge in [0.25, 0.3) is 0 Å². The Balaban J connectivity index is 2.48. The predicted octanol–water partition coefficient (Wildman–Crippen LogP) is 5.26. The van der Waals surface area contributed by atoms with Crippen molar-refractivity contribution in [2.75, 3.05) is 0 Å². The van der Waals surface area contributed by atoms with E-state index in [9.17, 15) is 0 Å². The van der Waals surface area contributed by atoms with Crippen molar-refractivity contribution >= 4 is 0 Å². The van der Waals surface area contributed by atoms with Crippen molar-refractivity contribution in [1.29, 1.82) is 0 Å². The van der Waals surface area contributed by atoms with Gasteiger partial charge in [-0.05, 0) is 48.9 Å². The Bertz CT molecular complexity index is 312. The second kappa shape index (κ2) is 8.33. The topological polar surface area (TPSA) is 0 Å². The van der Waals surface area contributed by atoms with Crippen LogP contribution in [0.5, 0.6) is 0 Å². The lowest BCUT2D eigenvalue weighted by Crippen LogP contribution is -1.98. The molecule has 0 aliphatic carbocycles. The van der Waals surface area contributed by atoms with Gasteiger partial charge in [0.05, 0.1) is 0 Å². The lowest BCUT2D eigenvalue weighted by molar-refractivity contribution is 0.630. The molecule has 0 amide bonds. The van der Waals surface area contributed by atoms with Gasteiger partial charge in [-0.3, -0.25) is 0 Å². The summed E-state index contributed by atoms with van der Waals surface area (Å²) in [4.78, 5) is 0. The third-order valence-electron chi connectivity index (χ3n) is 3.46. The maximum Gasteiger partial charge on any atom is -0.0146 e. The monoisotopic (exact) mass is 231 g/mol. The molecule has 0 spiro atoms. The van der Waals surface area contributed by atoms with Crippen molar-refractivity contribution in [2.45, 2.75) is 72.1 Å². The van der Waals surface area contributed by atoms with Crippen LogP contribution in [0.25, 0.3) is 0 Å². The SMILES string of the molecule is CCCCCCCc1[c]ccc(C)c1CCC. The molecule has 1 aromatic rings. The van der Waals surface area contributed by atoms with Gasteiger partial charge < -0.3 is 0 Å². The van der Waals surface area contributed by atoms with Crippen LogP contribution in [0, 0.1) is 13.0 Å². The van der Waals surface area contributed by atoms with Crippen LogP contribution in [-0.2, 0) is 12.8 Å². The molecule has 0 heterocycles. The Labute approximate surface area is 107 Å². The van der Waals surface area contributed by atoms with E-state index in [1.165, 1.54) is 62.5 Å². The lowest BCUT2D eigenvalue weighted by atomic mass is 9.94. The molecule has 0 fully saturated rings. The molecule has 0 nitrogen and oxygen atoms in total. The fourth-order valence-electron chi connectivity index (χ4n) is 2.42. The van der Waals surface area contributed by atoms with Crippen LogP contribution in [0.4, 0.5) is 0 Å². The maximum absolute atomic E-state index is 3.45. The first-order valence-corrected chi connectivity index (χ1v) is 7.28. The van der Waals surface area contributed by atoms with E-state index >= 15 is 0 Å². The average molecular weight is 231 g/mol. The van der Waals surface area contributed by atoms with Crippen molar-refractivity contribution in [3.63, 3.8) is 0 Å². The molecule has 0 aliphatic rings. The predicted molar refractivity (Wildman–Crippen MR) is 76.5 cm³/mol. The summed E-state index contributed by atoms with van der Waals surface area (Å²) in [5.74, 6) is 0. The largest absolute Gasteiger partial charge is 0.0654 e. The minimum absolute atomic E-state index is 1.22. The smallest absolute Gasteiger partial charge is 0.0146 e. The fourth-order valence-corrected chi connectivity index (χ4v) is 2.42. The van der Waals surface area contributed by atoms with Crippen LogP contribution in [0.2, 0.25) is 0 Å². The summed E-state index contributed by atoms with van der Waals surface area (Å²) in [6.45, 7) is 6.77. The number of hydrogen-bond acceptors (Lipinski definition) is 0. The molecule has 0 atom stereocenters. The molecule has 95 valence electrons. The van der Waals surface area contributed by atoms with Crippen LogP contribution in [0.15, 0.2) is 12.1 Å². The van der Waals surface area contributed by atoms with E-state index < -0.39 is 0 Å². The fraction of sp³-hybridized carbons (Fsp3) is 0.647. The van der Waals surface area contributed by atoms with E-state index in [4.69, 9.17) is 0 Å². The van der Waals surface area contributed by atoms with E-state index in [0.717, 1.165) is 0 Å². The maximum atomic E-state index is 3.45. The van der Waals surface area contributed by atoms with Gasteiger partial charge in [-0.25, -0.2) is 0 Å². The highest BCUT2D eigenvalue weighted by atomic mass is 14.1. The van der Waals surface area contributed by atoms with Crippen LogP contribution in [0.1, 0.15) is 69.1 Å². The van der Waals surface area contributed by atoms with Gasteiger partial charge >= 0.3 is 0 Å². The van der Waals surface area contributed by atoms with E-state index in [1.54, 1.807) is 5.56 Å². The average Bonchev–Trinajstić information content (AvgIpc) is 2.33. The Hall–Kier alpha value is -0.780. The quantitative estimate of drug-likeness (QED) is 0.535. The molecule has 0 saturated carbocycles. The lowest BCUT2D eigenvalue weighted by Gasteiger charge is -2.11. The molecule has 1 aromatic carbocycles. The van der Waals surface area contributed by atoms with Gasteiger partial charge in [0.15, 0.2) is 0 Å². The first-order chi connectivity index (χ1) is 8.29. The molecular weight excluding hydrogens is 204 g/mol. The molecule has 0 N–H and O–H groups in total. The zero-order chi connectivity index (χ0) is 12.5. The van der Waals surface area contributed by atoms with Crippen LogP contribution in [-0.4, -0.2) is 0 Å². The van der Waals surface area contributed by atoms with Crippen LogP contribution >= 0.6 is 0 Å². The van der Waals surface area contributed by atoms with E-state index in [1.807, 2.05) is 0 Å². The number of aryl methyl sites for hydroxylation is 2. The zero-order valence-corrected chi connectivity index (χ0v) is 11.8. The van der Waals surface area contributed by atoms with Gasteiger partial charge in [0.2, 0.25) is 0 Å². The molecule has 0 unspecified atom stereocenters. The number of benzene rings is 1. The molecule has 17 heavy (non-hydrogen) atoms. The normalized spacial score (nSPS) is 10.8. The highest BCUT2D eigenvalue weighted by Gasteiger charge is 2.04. The highest BCUT2D eigenvalue weighted by Crippen LogP contribution is 2.18. The van der Waals surface area contributed by atoms with Gasteiger partial charge in [-0.2, -0.15) is 0 Å². The standard InChI is InChI=1S/C17H27/c1-4-6-7-8-9-13-16-14-10-12-15(3)17(16)11-5-2/h10,12H,4-9,11,13H2,1-3H3. The minimum atomic E-state index is 1.22. The zero-order valence-electron chi connectivity index (χ0n) is 11.8. The Morgan fingerprint density at radius 2 is 1.71 bits per heavy atom. The molecule has 0 aliphatic heterocycles. The van der Waals surface area contributed by atoms with Crippen molar-refractivity contribution < 1.29 is 0 Å². The van der Waals surface area contributed by atoms with Gasteiger partial charge in [-0.1, -0.05) is 58.1 Å². The van der Waals surface area contributed by atoms with Gasteiger partial charge in [0, 0.05) is 0 Å². The summed E-state index contributed by atoms with van der Waals surface area (Å²) < 4.78 is 0. The number of hydrogen-bond donors (Lipinski definition) is 0. The summed E-state index contributed by atoms with van der Waals surface area (Å²) in [5, 5.41) is 0. The molecule has 1 rings (SSSR count). The Morgan fingerprint density at radius 1 is 0.941 bits per heavy atom. The van der Waals surface area contributed by atoms with E-state index in [-0.39, 0.29) is 0 Å².